The topological polar surface area (TPSA) is 61.4 Å². The van der Waals surface area contributed by atoms with Crippen LogP contribution in [0.4, 0.5) is 15.8 Å². The van der Waals surface area contributed by atoms with Gasteiger partial charge in [0.2, 0.25) is 11.8 Å². The molecule has 3 rings (SSSR count). The van der Waals surface area contributed by atoms with Crippen molar-refractivity contribution in [1.82, 2.24) is 4.90 Å². The molecule has 7 heteroatoms. The molecular weight excluding hydrogens is 381 g/mol. The van der Waals surface area contributed by atoms with Crippen LogP contribution in [0.25, 0.3) is 0 Å². The van der Waals surface area contributed by atoms with E-state index in [1.54, 1.807) is 6.92 Å². The number of amides is 2. The van der Waals surface area contributed by atoms with Crippen molar-refractivity contribution in [1.29, 1.82) is 0 Å². The third-order valence-electron chi connectivity index (χ3n) is 4.98. The van der Waals surface area contributed by atoms with Crippen LogP contribution in [-0.2, 0) is 9.59 Å². The molecule has 0 aromatic heterocycles. The van der Waals surface area contributed by atoms with Crippen LogP contribution < -0.4 is 10.6 Å². The maximum absolute atomic E-state index is 13.3. The van der Waals surface area contributed by atoms with Crippen molar-refractivity contribution < 1.29 is 14.0 Å². The maximum Gasteiger partial charge on any atom is 0.241 e. The van der Waals surface area contributed by atoms with Gasteiger partial charge in [-0.05, 0) is 56.6 Å². The van der Waals surface area contributed by atoms with Gasteiger partial charge in [-0.15, -0.1) is 0 Å². The highest BCUT2D eigenvalue weighted by molar-refractivity contribution is 6.31. The van der Waals surface area contributed by atoms with E-state index in [1.807, 2.05) is 35.2 Å². The SMILES string of the molecule is CC(C(=O)Nc1ccc(F)c(Cl)c1)N1CCCC(C(=O)Nc2ccccc2)C1. The highest BCUT2D eigenvalue weighted by atomic mass is 35.5. The van der Waals surface area contributed by atoms with Crippen molar-refractivity contribution in [3.8, 4) is 0 Å². The Bertz CT molecular complexity index is 847. The summed E-state index contributed by atoms with van der Waals surface area (Å²) in [6.07, 6.45) is 1.63. The summed E-state index contributed by atoms with van der Waals surface area (Å²) in [6, 6.07) is 13.0. The van der Waals surface area contributed by atoms with Gasteiger partial charge in [-0.3, -0.25) is 14.5 Å². The Morgan fingerprint density at radius 3 is 2.61 bits per heavy atom. The third kappa shape index (κ3) is 5.09. The predicted molar refractivity (Wildman–Crippen MR) is 109 cm³/mol. The molecule has 0 bridgehead atoms. The number of piperidine rings is 1. The molecule has 2 aromatic carbocycles. The van der Waals surface area contributed by atoms with E-state index in [-0.39, 0.29) is 22.8 Å². The summed E-state index contributed by atoms with van der Waals surface area (Å²) in [7, 11) is 0. The molecule has 1 aliphatic rings. The first-order valence-corrected chi connectivity index (χ1v) is 9.67. The lowest BCUT2D eigenvalue weighted by Gasteiger charge is -2.35. The second kappa shape index (κ2) is 9.17. The van der Waals surface area contributed by atoms with E-state index < -0.39 is 11.9 Å². The Labute approximate surface area is 168 Å². The zero-order valence-corrected chi connectivity index (χ0v) is 16.4. The Hall–Kier alpha value is -2.44. The zero-order chi connectivity index (χ0) is 20.1. The first-order valence-electron chi connectivity index (χ1n) is 9.30. The number of halogens is 2. The van der Waals surface area contributed by atoms with Crippen LogP contribution in [0.3, 0.4) is 0 Å². The number of hydrogen-bond acceptors (Lipinski definition) is 3. The monoisotopic (exact) mass is 403 g/mol. The second-order valence-electron chi connectivity index (χ2n) is 6.98. The van der Waals surface area contributed by atoms with Crippen LogP contribution in [0, 0.1) is 11.7 Å². The van der Waals surface area contributed by atoms with Gasteiger partial charge in [0.1, 0.15) is 5.82 Å². The number of likely N-dealkylation sites (tertiary alicyclic amines) is 1. The van der Waals surface area contributed by atoms with E-state index in [0.717, 1.165) is 25.1 Å². The van der Waals surface area contributed by atoms with Gasteiger partial charge in [0, 0.05) is 17.9 Å². The summed E-state index contributed by atoms with van der Waals surface area (Å²) in [4.78, 5) is 27.2. The van der Waals surface area contributed by atoms with E-state index in [0.29, 0.717) is 12.2 Å². The van der Waals surface area contributed by atoms with Gasteiger partial charge in [-0.2, -0.15) is 0 Å². The Balaban J connectivity index is 1.58. The van der Waals surface area contributed by atoms with Crippen molar-refractivity contribution in [3.63, 3.8) is 0 Å². The number of nitrogens with zero attached hydrogens (tertiary/aromatic N) is 1. The normalized spacial score (nSPS) is 18.3. The van der Waals surface area contributed by atoms with E-state index in [1.165, 1.54) is 18.2 Å². The molecule has 0 radical (unpaired) electrons. The van der Waals surface area contributed by atoms with E-state index in [2.05, 4.69) is 10.6 Å². The fourth-order valence-electron chi connectivity index (χ4n) is 3.32. The Morgan fingerprint density at radius 2 is 1.89 bits per heavy atom. The lowest BCUT2D eigenvalue weighted by molar-refractivity contribution is -0.125. The number of carbonyl (C=O) groups excluding carboxylic acids is 2. The first-order chi connectivity index (χ1) is 13.4. The van der Waals surface area contributed by atoms with Crippen molar-refractivity contribution >= 4 is 34.8 Å². The van der Waals surface area contributed by atoms with Gasteiger partial charge >= 0.3 is 0 Å². The van der Waals surface area contributed by atoms with Gasteiger partial charge in [0.15, 0.2) is 0 Å². The molecule has 28 heavy (non-hydrogen) atoms. The van der Waals surface area contributed by atoms with Gasteiger partial charge in [-0.1, -0.05) is 29.8 Å². The van der Waals surface area contributed by atoms with E-state index in [9.17, 15) is 14.0 Å². The van der Waals surface area contributed by atoms with Crippen molar-refractivity contribution in [2.45, 2.75) is 25.8 Å². The maximum atomic E-state index is 13.3. The second-order valence-corrected chi connectivity index (χ2v) is 7.39. The lowest BCUT2D eigenvalue weighted by atomic mass is 9.95. The minimum absolute atomic E-state index is 0.0335. The summed E-state index contributed by atoms with van der Waals surface area (Å²) in [5, 5.41) is 5.65. The highest BCUT2D eigenvalue weighted by Gasteiger charge is 2.31. The molecule has 148 valence electrons. The van der Waals surface area contributed by atoms with Crippen LogP contribution in [0.1, 0.15) is 19.8 Å². The molecule has 0 saturated carbocycles. The van der Waals surface area contributed by atoms with Crippen molar-refractivity contribution in [3.05, 3.63) is 59.4 Å². The van der Waals surface area contributed by atoms with Crippen LogP contribution in [-0.4, -0.2) is 35.8 Å². The van der Waals surface area contributed by atoms with Crippen molar-refractivity contribution in [2.75, 3.05) is 23.7 Å². The molecular formula is C21H23ClFN3O2. The van der Waals surface area contributed by atoms with Crippen LogP contribution in [0.2, 0.25) is 5.02 Å². The number of rotatable bonds is 5. The van der Waals surface area contributed by atoms with Gasteiger partial charge in [0.05, 0.1) is 17.0 Å². The third-order valence-corrected chi connectivity index (χ3v) is 5.27. The number of carbonyl (C=O) groups is 2. The molecule has 1 fully saturated rings. The largest absolute Gasteiger partial charge is 0.326 e. The minimum atomic E-state index is -0.531. The highest BCUT2D eigenvalue weighted by Crippen LogP contribution is 2.23. The molecule has 0 aliphatic carbocycles. The summed E-state index contributed by atoms with van der Waals surface area (Å²) >= 11 is 5.76. The molecule has 2 amide bonds. The molecule has 2 unspecified atom stereocenters. The molecule has 1 aliphatic heterocycles. The lowest BCUT2D eigenvalue weighted by Crippen LogP contribution is -2.49. The summed E-state index contributed by atoms with van der Waals surface area (Å²) in [6.45, 7) is 3.06. The number of nitrogens with one attached hydrogen (secondary N) is 2. The van der Waals surface area contributed by atoms with Crippen LogP contribution >= 0.6 is 11.6 Å². The average Bonchev–Trinajstić information content (AvgIpc) is 2.71. The fourth-order valence-corrected chi connectivity index (χ4v) is 3.50. The molecule has 2 aromatic rings. The molecule has 2 atom stereocenters. The van der Waals surface area contributed by atoms with Gasteiger partial charge < -0.3 is 10.6 Å². The van der Waals surface area contributed by atoms with E-state index in [4.69, 9.17) is 11.6 Å². The molecule has 2 N–H and O–H groups in total. The number of benzene rings is 2. The minimum Gasteiger partial charge on any atom is -0.326 e. The number of anilines is 2. The molecule has 1 heterocycles. The predicted octanol–water partition coefficient (Wildman–Crippen LogP) is 4.16. The standard InChI is InChI=1S/C21H23ClFN3O2/c1-14(20(27)25-17-9-10-19(23)18(22)12-17)26-11-5-6-15(13-26)21(28)24-16-7-3-2-4-8-16/h2-4,7-10,12,14-15H,5-6,11,13H2,1H3,(H,24,28)(H,25,27). The Morgan fingerprint density at radius 1 is 1.14 bits per heavy atom. The van der Waals surface area contributed by atoms with Crippen LogP contribution in [0.15, 0.2) is 48.5 Å². The van der Waals surface area contributed by atoms with E-state index >= 15 is 0 Å². The summed E-state index contributed by atoms with van der Waals surface area (Å²) in [5.41, 5.74) is 1.21. The molecule has 1 saturated heterocycles. The molecule has 0 spiro atoms. The van der Waals surface area contributed by atoms with Gasteiger partial charge in [-0.25, -0.2) is 4.39 Å². The quantitative estimate of drug-likeness (QED) is 0.788. The Kier molecular flexibility index (Phi) is 6.65. The summed E-state index contributed by atoms with van der Waals surface area (Å²) in [5.74, 6) is -0.957. The van der Waals surface area contributed by atoms with Crippen molar-refractivity contribution in [2.24, 2.45) is 5.92 Å². The smallest absolute Gasteiger partial charge is 0.241 e. The molecule has 5 nitrogen and oxygen atoms in total. The zero-order valence-electron chi connectivity index (χ0n) is 15.6. The summed E-state index contributed by atoms with van der Waals surface area (Å²) < 4.78 is 13.3. The fraction of sp³-hybridized carbons (Fsp3) is 0.333. The number of para-hydroxylation sites is 1. The first kappa shape index (κ1) is 20.3. The van der Waals surface area contributed by atoms with Gasteiger partial charge in [0.25, 0.3) is 0 Å². The number of hydrogen-bond donors (Lipinski definition) is 2. The van der Waals surface area contributed by atoms with Crippen LogP contribution in [0.5, 0.6) is 0 Å². The average molecular weight is 404 g/mol.